The van der Waals surface area contributed by atoms with Crippen molar-refractivity contribution < 1.29 is 24.2 Å². The monoisotopic (exact) mass is 740 g/mol. The number of nitrogens with two attached hydrogens (primary N) is 1. The third-order valence-electron chi connectivity index (χ3n) is 9.86. The van der Waals surface area contributed by atoms with Crippen LogP contribution in [0.1, 0.15) is 84.3 Å². The molecule has 3 unspecified atom stereocenters. The summed E-state index contributed by atoms with van der Waals surface area (Å²) in [5, 5.41) is 15.5. The number of nitrogens with zero attached hydrogens (tertiary/aromatic N) is 1. The third kappa shape index (κ3) is 12.3. The number of rotatable bonds is 18. The summed E-state index contributed by atoms with van der Waals surface area (Å²) in [7, 11) is 0. The molecular weight excluding hydrogens is 689 g/mol. The van der Waals surface area contributed by atoms with E-state index in [9.17, 15) is 14.7 Å². The van der Waals surface area contributed by atoms with Gasteiger partial charge in [0.05, 0.1) is 30.2 Å². The van der Waals surface area contributed by atoms with Gasteiger partial charge in [0.25, 0.3) is 0 Å². The molecule has 0 radical (unpaired) electrons. The first-order valence-corrected chi connectivity index (χ1v) is 19.2. The lowest BCUT2D eigenvalue weighted by Gasteiger charge is -2.38. The smallest absolute Gasteiger partial charge is 0.224 e. The number of anilines is 2. The fourth-order valence-electron chi connectivity index (χ4n) is 6.84. The van der Waals surface area contributed by atoms with E-state index in [-0.39, 0.29) is 30.6 Å². The molecule has 3 atom stereocenters. The maximum absolute atomic E-state index is 12.6. The highest BCUT2D eigenvalue weighted by Crippen LogP contribution is 2.38. The van der Waals surface area contributed by atoms with Gasteiger partial charge in [-0.3, -0.25) is 14.5 Å². The van der Waals surface area contributed by atoms with E-state index >= 15 is 0 Å². The van der Waals surface area contributed by atoms with Crippen molar-refractivity contribution in [2.75, 3.05) is 17.6 Å². The van der Waals surface area contributed by atoms with E-state index in [2.05, 4.69) is 64.1 Å². The molecule has 0 aromatic heterocycles. The van der Waals surface area contributed by atoms with Crippen molar-refractivity contribution in [3.05, 3.63) is 167 Å². The second kappa shape index (κ2) is 20.4. The highest BCUT2D eigenvalue weighted by molar-refractivity contribution is 5.93. The van der Waals surface area contributed by atoms with E-state index < -0.39 is 6.29 Å². The lowest BCUT2D eigenvalue weighted by atomic mass is 9.99. The highest BCUT2D eigenvalue weighted by atomic mass is 16.7. The number of aliphatic hydroxyl groups excluding tert-OH is 1. The molecule has 5 aromatic carbocycles. The van der Waals surface area contributed by atoms with Crippen LogP contribution in [0.4, 0.5) is 11.4 Å². The molecule has 9 nitrogen and oxygen atoms in total. The van der Waals surface area contributed by atoms with Gasteiger partial charge in [-0.05, 0) is 52.8 Å². The zero-order valence-corrected chi connectivity index (χ0v) is 31.3. The Hall–Kier alpha value is -5.32. The first-order valence-electron chi connectivity index (χ1n) is 19.2. The van der Waals surface area contributed by atoms with Crippen LogP contribution in [0.25, 0.3) is 0 Å². The van der Waals surface area contributed by atoms with Crippen LogP contribution in [0.15, 0.2) is 133 Å². The maximum Gasteiger partial charge on any atom is 0.224 e. The van der Waals surface area contributed by atoms with Gasteiger partial charge >= 0.3 is 0 Å². The van der Waals surface area contributed by atoms with E-state index in [4.69, 9.17) is 15.2 Å². The van der Waals surface area contributed by atoms with Gasteiger partial charge in [0.2, 0.25) is 11.8 Å². The Morgan fingerprint density at radius 3 is 1.87 bits per heavy atom. The van der Waals surface area contributed by atoms with Gasteiger partial charge < -0.3 is 30.9 Å². The molecule has 0 spiro atoms. The minimum atomic E-state index is -0.577. The fourth-order valence-corrected chi connectivity index (χ4v) is 6.84. The van der Waals surface area contributed by atoms with E-state index in [1.54, 1.807) is 12.1 Å². The number of para-hydroxylation sites is 2. The highest BCUT2D eigenvalue weighted by Gasteiger charge is 2.33. The zero-order valence-electron chi connectivity index (χ0n) is 31.3. The van der Waals surface area contributed by atoms with Crippen LogP contribution in [0, 0.1) is 0 Å². The minimum Gasteiger partial charge on any atom is -0.397 e. The zero-order chi connectivity index (χ0) is 38.2. The van der Waals surface area contributed by atoms with Crippen molar-refractivity contribution in [1.82, 2.24) is 10.2 Å². The number of ether oxygens (including phenoxy) is 2. The van der Waals surface area contributed by atoms with Crippen molar-refractivity contribution in [2.24, 2.45) is 0 Å². The summed E-state index contributed by atoms with van der Waals surface area (Å²) in [5.74, 6) is -0.0938. The van der Waals surface area contributed by atoms with Crippen molar-refractivity contribution >= 4 is 23.2 Å². The predicted octanol–water partition coefficient (Wildman–Crippen LogP) is 8.21. The molecule has 0 aliphatic carbocycles. The number of nitrogen functional groups attached to an aromatic ring is 1. The van der Waals surface area contributed by atoms with Crippen LogP contribution in [0.3, 0.4) is 0 Å². The Kier molecular flexibility index (Phi) is 14.6. The van der Waals surface area contributed by atoms with E-state index in [1.807, 2.05) is 72.8 Å². The fraction of sp³-hybridized carbons (Fsp3) is 0.304. The van der Waals surface area contributed by atoms with Crippen LogP contribution >= 0.6 is 0 Å². The molecule has 0 saturated carbocycles. The molecular formula is C46H52N4O5. The van der Waals surface area contributed by atoms with Crippen molar-refractivity contribution in [3.63, 3.8) is 0 Å². The van der Waals surface area contributed by atoms with E-state index in [0.29, 0.717) is 50.0 Å². The Balaban J connectivity index is 1.03. The Bertz CT molecular complexity index is 1880. The second-order valence-corrected chi connectivity index (χ2v) is 14.2. The van der Waals surface area contributed by atoms with E-state index in [0.717, 1.165) is 48.3 Å². The minimum absolute atomic E-state index is 0.00684. The normalized spacial score (nSPS) is 16.8. The molecule has 55 heavy (non-hydrogen) atoms. The van der Waals surface area contributed by atoms with Crippen molar-refractivity contribution in [3.8, 4) is 0 Å². The number of carbonyl (C=O) groups excluding carboxylic acids is 2. The molecule has 0 bridgehead atoms. The Morgan fingerprint density at radius 2 is 1.24 bits per heavy atom. The number of nitrogens with one attached hydrogen (secondary N) is 2. The number of aliphatic hydroxyl groups is 1. The van der Waals surface area contributed by atoms with Gasteiger partial charge in [0, 0.05) is 51.0 Å². The largest absolute Gasteiger partial charge is 0.397 e. The average Bonchev–Trinajstić information content (AvgIpc) is 3.21. The first kappa shape index (κ1) is 39.4. The standard InChI is InChI=1S/C46H52N4O5/c47-41-16-10-11-17-42(41)49-45(53)19-9-3-8-18-44(52)48-29-34-20-26-39(27-21-34)46-54-40(28-43(55-46)38-24-22-37(33-51)23-25-38)32-50(30-35-12-4-1-5-13-35)31-36-14-6-2-7-15-36/h1-2,4-7,10-17,20-27,40,43,46,51H,3,8-9,18-19,28-33,47H2,(H,48,52)(H,49,53). The van der Waals surface area contributed by atoms with Crippen LogP contribution in [0.5, 0.6) is 0 Å². The van der Waals surface area contributed by atoms with Crippen LogP contribution in [-0.2, 0) is 45.3 Å². The SMILES string of the molecule is Nc1ccccc1NC(=O)CCCCCC(=O)NCc1ccc(C2OC(CN(Cc3ccccc3)Cc3ccccc3)CC(c3ccc(CO)cc3)O2)cc1. The summed E-state index contributed by atoms with van der Waals surface area (Å²) in [5.41, 5.74) is 13.4. The number of benzene rings is 5. The third-order valence-corrected chi connectivity index (χ3v) is 9.86. The maximum atomic E-state index is 12.6. The molecule has 9 heteroatoms. The van der Waals surface area contributed by atoms with E-state index in [1.165, 1.54) is 11.1 Å². The van der Waals surface area contributed by atoms with Gasteiger partial charge in [-0.25, -0.2) is 0 Å². The first-order chi connectivity index (χ1) is 26.9. The quantitative estimate of drug-likeness (QED) is 0.0527. The van der Waals surface area contributed by atoms with Crippen LogP contribution < -0.4 is 16.4 Å². The van der Waals surface area contributed by atoms with Gasteiger partial charge in [0.15, 0.2) is 6.29 Å². The lowest BCUT2D eigenvalue weighted by molar-refractivity contribution is -0.253. The molecule has 1 saturated heterocycles. The topological polar surface area (TPSA) is 126 Å². The van der Waals surface area contributed by atoms with Gasteiger partial charge in [-0.2, -0.15) is 0 Å². The molecule has 286 valence electrons. The molecule has 1 fully saturated rings. The summed E-state index contributed by atoms with van der Waals surface area (Å²) in [6, 6.07) is 44.2. The Labute approximate surface area is 324 Å². The van der Waals surface area contributed by atoms with Gasteiger partial charge in [-0.15, -0.1) is 0 Å². The molecule has 5 N–H and O–H groups in total. The average molecular weight is 741 g/mol. The molecule has 2 amide bonds. The molecule has 5 aromatic rings. The molecule has 6 rings (SSSR count). The molecule has 1 aliphatic heterocycles. The lowest BCUT2D eigenvalue weighted by Crippen LogP contribution is -2.39. The second-order valence-electron chi connectivity index (χ2n) is 14.2. The predicted molar refractivity (Wildman–Crippen MR) is 216 cm³/mol. The van der Waals surface area contributed by atoms with Crippen LogP contribution in [-0.4, -0.2) is 34.5 Å². The summed E-state index contributed by atoms with van der Waals surface area (Å²) in [4.78, 5) is 27.3. The van der Waals surface area contributed by atoms with Crippen molar-refractivity contribution in [1.29, 1.82) is 0 Å². The molecule has 1 aliphatic rings. The Morgan fingerprint density at radius 1 is 0.655 bits per heavy atom. The summed E-state index contributed by atoms with van der Waals surface area (Å²) in [6.07, 6.45) is 2.80. The number of hydrogen-bond acceptors (Lipinski definition) is 7. The molecule has 1 heterocycles. The summed E-state index contributed by atoms with van der Waals surface area (Å²) in [6.45, 7) is 2.71. The summed E-state index contributed by atoms with van der Waals surface area (Å²) >= 11 is 0. The van der Waals surface area contributed by atoms with Crippen molar-refractivity contribution in [2.45, 2.75) is 83.3 Å². The number of carbonyl (C=O) groups is 2. The van der Waals surface area contributed by atoms with Gasteiger partial charge in [0.1, 0.15) is 0 Å². The summed E-state index contributed by atoms with van der Waals surface area (Å²) < 4.78 is 13.4. The number of unbranched alkanes of at least 4 members (excludes halogenated alkanes) is 2. The van der Waals surface area contributed by atoms with Crippen LogP contribution in [0.2, 0.25) is 0 Å². The van der Waals surface area contributed by atoms with Gasteiger partial charge in [-0.1, -0.05) is 128 Å². The number of amides is 2. The number of hydrogen-bond donors (Lipinski definition) is 4.